The average Bonchev–Trinajstić information content (AvgIpc) is 2.40. The van der Waals surface area contributed by atoms with Crippen LogP contribution in [0, 0.1) is 11.6 Å². The van der Waals surface area contributed by atoms with Crippen molar-refractivity contribution in [1.82, 2.24) is 5.32 Å². The second-order valence-electron chi connectivity index (χ2n) is 4.11. The number of benzene rings is 1. The summed E-state index contributed by atoms with van der Waals surface area (Å²) in [6, 6.07) is 0.859. The Hall–Kier alpha value is -2.03. The van der Waals surface area contributed by atoms with Crippen molar-refractivity contribution in [2.45, 2.75) is 6.92 Å². The number of carbonyl (C=O) groups is 2. The number of sulfone groups is 1. The predicted octanol–water partition coefficient (Wildman–Crippen LogP) is 0.828. The smallest absolute Gasteiger partial charge is 0.336 e. The second kappa shape index (κ2) is 6.61. The normalized spacial score (nSPS) is 11.2. The maximum Gasteiger partial charge on any atom is 0.336 e. The number of hydrogen-bond donors (Lipinski definition) is 2. The summed E-state index contributed by atoms with van der Waals surface area (Å²) < 4.78 is 48.6. The van der Waals surface area contributed by atoms with Gasteiger partial charge in [0.15, 0.2) is 21.5 Å². The molecule has 0 fully saturated rings. The molecule has 0 bridgehead atoms. The summed E-state index contributed by atoms with van der Waals surface area (Å²) in [4.78, 5) is 22.7. The van der Waals surface area contributed by atoms with Gasteiger partial charge in [0.25, 0.3) is 5.91 Å². The first kappa shape index (κ1) is 17.0. The first-order chi connectivity index (χ1) is 9.68. The summed E-state index contributed by atoms with van der Waals surface area (Å²) >= 11 is 0. The molecule has 1 amide bonds. The molecule has 0 saturated heterocycles. The van der Waals surface area contributed by atoms with Crippen LogP contribution >= 0.6 is 0 Å². The molecule has 21 heavy (non-hydrogen) atoms. The van der Waals surface area contributed by atoms with Gasteiger partial charge in [-0.3, -0.25) is 4.79 Å². The molecule has 0 aromatic heterocycles. The van der Waals surface area contributed by atoms with Gasteiger partial charge >= 0.3 is 5.97 Å². The summed E-state index contributed by atoms with van der Waals surface area (Å²) in [5.41, 5.74) is -1.28. The van der Waals surface area contributed by atoms with Crippen molar-refractivity contribution in [3.8, 4) is 0 Å². The zero-order valence-corrected chi connectivity index (χ0v) is 11.8. The van der Waals surface area contributed by atoms with Crippen LogP contribution in [0.1, 0.15) is 27.6 Å². The second-order valence-corrected chi connectivity index (χ2v) is 6.58. The van der Waals surface area contributed by atoms with E-state index in [1.807, 2.05) is 0 Å². The minimum absolute atomic E-state index is 0.103. The Morgan fingerprint density at radius 2 is 1.71 bits per heavy atom. The fourth-order valence-corrected chi connectivity index (χ4v) is 2.17. The highest BCUT2D eigenvalue weighted by Crippen LogP contribution is 2.15. The van der Waals surface area contributed by atoms with E-state index in [9.17, 15) is 26.8 Å². The first-order valence-corrected chi connectivity index (χ1v) is 7.71. The number of hydrogen-bond acceptors (Lipinski definition) is 4. The number of amides is 1. The van der Waals surface area contributed by atoms with Crippen molar-refractivity contribution < 1.29 is 31.9 Å². The average molecular weight is 321 g/mol. The Labute approximate surface area is 119 Å². The minimum atomic E-state index is -3.30. The number of carboxylic acid groups (broad SMARTS) is 1. The largest absolute Gasteiger partial charge is 0.478 e. The molecule has 0 aliphatic heterocycles. The zero-order chi connectivity index (χ0) is 16.2. The molecule has 2 N–H and O–H groups in total. The third-order valence-corrected chi connectivity index (χ3v) is 4.38. The fourth-order valence-electron chi connectivity index (χ4n) is 1.47. The van der Waals surface area contributed by atoms with Gasteiger partial charge in [0.1, 0.15) is 0 Å². The van der Waals surface area contributed by atoms with Crippen molar-refractivity contribution in [2.24, 2.45) is 0 Å². The number of carbonyl (C=O) groups excluding carboxylic acids is 1. The first-order valence-electron chi connectivity index (χ1n) is 5.89. The molecule has 0 unspecified atom stereocenters. The summed E-state index contributed by atoms with van der Waals surface area (Å²) in [5, 5.41) is 11.0. The summed E-state index contributed by atoms with van der Waals surface area (Å²) in [7, 11) is -3.30. The van der Waals surface area contributed by atoms with E-state index >= 15 is 0 Å². The standard InChI is InChI=1S/C12H13F2NO5S/c1-2-21(19,20)4-3-15-11(16)7-5-9(13)10(14)6-8(7)12(17)18/h5-6H,2-4H2,1H3,(H,15,16)(H,17,18). The molecular weight excluding hydrogens is 308 g/mol. The van der Waals surface area contributed by atoms with Crippen LogP contribution in [0.5, 0.6) is 0 Å². The number of nitrogens with one attached hydrogen (secondary N) is 1. The molecule has 116 valence electrons. The van der Waals surface area contributed by atoms with Crippen molar-refractivity contribution in [1.29, 1.82) is 0 Å². The van der Waals surface area contributed by atoms with Crippen molar-refractivity contribution >= 4 is 21.7 Å². The van der Waals surface area contributed by atoms with Crippen molar-refractivity contribution in [3.05, 3.63) is 34.9 Å². The molecule has 6 nitrogen and oxygen atoms in total. The molecule has 0 atom stereocenters. The maximum absolute atomic E-state index is 13.1. The lowest BCUT2D eigenvalue weighted by molar-refractivity contribution is 0.0690. The van der Waals surface area contributed by atoms with Gasteiger partial charge in [-0.25, -0.2) is 22.0 Å². The summed E-state index contributed by atoms with van der Waals surface area (Å²) in [6.07, 6.45) is 0. The molecule has 0 saturated carbocycles. The van der Waals surface area contributed by atoms with Gasteiger partial charge in [0.2, 0.25) is 0 Å². The number of halogens is 2. The van der Waals surface area contributed by atoms with Gasteiger partial charge in [0.05, 0.1) is 16.9 Å². The fraction of sp³-hybridized carbons (Fsp3) is 0.333. The highest BCUT2D eigenvalue weighted by Gasteiger charge is 2.20. The highest BCUT2D eigenvalue weighted by molar-refractivity contribution is 7.91. The van der Waals surface area contributed by atoms with Crippen LogP contribution in [0.4, 0.5) is 8.78 Å². The van der Waals surface area contributed by atoms with E-state index in [0.717, 1.165) is 0 Å². The molecule has 1 rings (SSSR count). The lowest BCUT2D eigenvalue weighted by Crippen LogP contribution is -2.31. The van der Waals surface area contributed by atoms with Crippen molar-refractivity contribution in [3.63, 3.8) is 0 Å². The number of carboxylic acids is 1. The Kier molecular flexibility index (Phi) is 5.36. The molecule has 0 aliphatic rings. The molecule has 1 aromatic carbocycles. The van der Waals surface area contributed by atoms with Crippen LogP contribution in [0.2, 0.25) is 0 Å². The van der Waals surface area contributed by atoms with E-state index in [1.54, 1.807) is 0 Å². The van der Waals surface area contributed by atoms with Crippen LogP contribution in [0.15, 0.2) is 12.1 Å². The third kappa shape index (κ3) is 4.48. The van der Waals surface area contributed by atoms with Crippen LogP contribution in [-0.4, -0.2) is 43.5 Å². The van der Waals surface area contributed by atoms with Gasteiger partial charge in [0, 0.05) is 12.3 Å². The Balaban J connectivity index is 2.92. The monoisotopic (exact) mass is 321 g/mol. The lowest BCUT2D eigenvalue weighted by Gasteiger charge is -2.08. The highest BCUT2D eigenvalue weighted by atomic mass is 32.2. The Morgan fingerprint density at radius 3 is 2.19 bits per heavy atom. The Morgan fingerprint density at radius 1 is 1.19 bits per heavy atom. The topological polar surface area (TPSA) is 101 Å². The molecule has 0 radical (unpaired) electrons. The quantitative estimate of drug-likeness (QED) is 0.808. The molecular formula is C12H13F2NO5S. The lowest BCUT2D eigenvalue weighted by atomic mass is 10.1. The van der Waals surface area contributed by atoms with Crippen LogP contribution in [0.25, 0.3) is 0 Å². The van der Waals surface area contributed by atoms with Crippen molar-refractivity contribution in [2.75, 3.05) is 18.1 Å². The number of rotatable bonds is 6. The summed E-state index contributed by atoms with van der Waals surface area (Å²) in [6.45, 7) is 1.18. The van der Waals surface area contributed by atoms with E-state index in [1.165, 1.54) is 6.92 Å². The molecule has 0 heterocycles. The van der Waals surface area contributed by atoms with Crippen LogP contribution < -0.4 is 5.32 Å². The summed E-state index contributed by atoms with van der Waals surface area (Å²) in [5.74, 6) is -5.78. The van der Waals surface area contributed by atoms with E-state index < -0.39 is 44.5 Å². The zero-order valence-electron chi connectivity index (χ0n) is 11.0. The Bertz CT molecular complexity index is 672. The minimum Gasteiger partial charge on any atom is -0.478 e. The number of aromatic carboxylic acids is 1. The van der Waals surface area contributed by atoms with Crippen LogP contribution in [0.3, 0.4) is 0 Å². The van der Waals surface area contributed by atoms with Crippen LogP contribution in [-0.2, 0) is 9.84 Å². The maximum atomic E-state index is 13.1. The van der Waals surface area contributed by atoms with Gasteiger partial charge < -0.3 is 10.4 Å². The van der Waals surface area contributed by atoms with E-state index in [2.05, 4.69) is 5.32 Å². The van der Waals surface area contributed by atoms with Gasteiger partial charge in [-0.2, -0.15) is 0 Å². The SMILES string of the molecule is CCS(=O)(=O)CCNC(=O)c1cc(F)c(F)cc1C(=O)O. The van der Waals surface area contributed by atoms with Gasteiger partial charge in [-0.1, -0.05) is 6.92 Å². The molecule has 1 aromatic rings. The predicted molar refractivity (Wildman–Crippen MR) is 70.0 cm³/mol. The van der Waals surface area contributed by atoms with E-state index in [4.69, 9.17) is 5.11 Å². The molecule has 9 heteroatoms. The molecule has 0 spiro atoms. The van der Waals surface area contributed by atoms with E-state index in [-0.39, 0.29) is 18.1 Å². The van der Waals surface area contributed by atoms with Gasteiger partial charge in [-0.15, -0.1) is 0 Å². The van der Waals surface area contributed by atoms with Gasteiger partial charge in [-0.05, 0) is 12.1 Å². The third-order valence-electron chi connectivity index (χ3n) is 2.67. The molecule has 0 aliphatic carbocycles. The van der Waals surface area contributed by atoms with E-state index in [0.29, 0.717) is 12.1 Å².